The Morgan fingerprint density at radius 2 is 2.00 bits per heavy atom. The first-order valence-electron chi connectivity index (χ1n) is 7.49. The molecule has 0 spiro atoms. The van der Waals surface area contributed by atoms with Crippen molar-refractivity contribution in [3.63, 3.8) is 0 Å². The molecule has 1 aliphatic carbocycles. The Labute approximate surface area is 110 Å². The van der Waals surface area contributed by atoms with Crippen LogP contribution in [0.5, 0.6) is 0 Å². The Morgan fingerprint density at radius 1 is 1.22 bits per heavy atom. The molecular weight excluding hydrogens is 226 g/mol. The van der Waals surface area contributed by atoms with Gasteiger partial charge < -0.3 is 16.0 Å². The van der Waals surface area contributed by atoms with Crippen molar-refractivity contribution in [3.05, 3.63) is 0 Å². The maximum Gasteiger partial charge on any atom is 0.223 e. The summed E-state index contributed by atoms with van der Waals surface area (Å²) in [5.74, 6) is 1.03. The highest BCUT2D eigenvalue weighted by Gasteiger charge is 2.26. The number of hydrogen-bond donors (Lipinski definition) is 2. The molecule has 4 heteroatoms. The fourth-order valence-corrected chi connectivity index (χ4v) is 3.23. The van der Waals surface area contributed by atoms with E-state index in [1.165, 1.54) is 32.4 Å². The van der Waals surface area contributed by atoms with Crippen LogP contribution in [0.15, 0.2) is 0 Å². The van der Waals surface area contributed by atoms with Gasteiger partial charge in [0.1, 0.15) is 0 Å². The predicted molar refractivity (Wildman–Crippen MR) is 73.2 cm³/mol. The molecule has 1 amide bonds. The number of amides is 1. The van der Waals surface area contributed by atoms with Crippen LogP contribution in [-0.4, -0.2) is 43.5 Å². The summed E-state index contributed by atoms with van der Waals surface area (Å²) in [5, 5.41) is 3.10. The molecule has 2 unspecified atom stereocenters. The molecule has 1 heterocycles. The fourth-order valence-electron chi connectivity index (χ4n) is 3.23. The standard InChI is InChI=1S/C14H27N3O/c15-11-12-4-3-5-13(10-12)14(18)16-6-9-17-7-1-2-8-17/h12-13H,1-11,15H2,(H,16,18). The van der Waals surface area contributed by atoms with Gasteiger partial charge in [0.05, 0.1) is 0 Å². The van der Waals surface area contributed by atoms with Crippen LogP contribution < -0.4 is 11.1 Å². The molecule has 2 rings (SSSR count). The Balaban J connectivity index is 1.64. The second-order valence-electron chi connectivity index (χ2n) is 5.81. The summed E-state index contributed by atoms with van der Waals surface area (Å²) >= 11 is 0. The van der Waals surface area contributed by atoms with E-state index in [1.54, 1.807) is 0 Å². The lowest BCUT2D eigenvalue weighted by Gasteiger charge is -2.27. The van der Waals surface area contributed by atoms with E-state index in [-0.39, 0.29) is 11.8 Å². The summed E-state index contributed by atoms with van der Waals surface area (Å²) in [5.41, 5.74) is 5.71. The van der Waals surface area contributed by atoms with E-state index >= 15 is 0 Å². The first kappa shape index (κ1) is 13.8. The normalized spacial score (nSPS) is 29.4. The van der Waals surface area contributed by atoms with Crippen molar-refractivity contribution in [1.29, 1.82) is 0 Å². The van der Waals surface area contributed by atoms with Gasteiger partial charge in [-0.05, 0) is 57.7 Å². The molecule has 0 aromatic heterocycles. The molecule has 4 nitrogen and oxygen atoms in total. The molecule has 1 saturated carbocycles. The van der Waals surface area contributed by atoms with Crippen LogP contribution in [-0.2, 0) is 4.79 Å². The maximum atomic E-state index is 12.1. The van der Waals surface area contributed by atoms with Gasteiger partial charge in [-0.3, -0.25) is 4.79 Å². The van der Waals surface area contributed by atoms with Gasteiger partial charge in [0, 0.05) is 19.0 Å². The second kappa shape index (κ2) is 7.10. The van der Waals surface area contributed by atoms with Gasteiger partial charge in [0.2, 0.25) is 5.91 Å². The molecular formula is C14H27N3O. The largest absolute Gasteiger partial charge is 0.355 e. The number of nitrogens with one attached hydrogen (secondary N) is 1. The SMILES string of the molecule is NCC1CCCC(C(=O)NCCN2CCCC2)C1. The summed E-state index contributed by atoms with van der Waals surface area (Å²) < 4.78 is 0. The molecule has 104 valence electrons. The molecule has 1 saturated heterocycles. The van der Waals surface area contributed by atoms with Gasteiger partial charge in [-0.25, -0.2) is 0 Å². The van der Waals surface area contributed by atoms with E-state index in [0.717, 1.165) is 38.9 Å². The third kappa shape index (κ3) is 3.95. The van der Waals surface area contributed by atoms with E-state index in [1.807, 2.05) is 0 Å². The Kier molecular flexibility index (Phi) is 5.45. The molecule has 3 N–H and O–H groups in total. The zero-order chi connectivity index (χ0) is 12.8. The first-order chi connectivity index (χ1) is 8.79. The van der Waals surface area contributed by atoms with Crippen molar-refractivity contribution in [2.75, 3.05) is 32.7 Å². The zero-order valence-electron chi connectivity index (χ0n) is 11.4. The lowest BCUT2D eigenvalue weighted by atomic mass is 9.81. The molecule has 0 aromatic carbocycles. The fraction of sp³-hybridized carbons (Fsp3) is 0.929. The van der Waals surface area contributed by atoms with Crippen LogP contribution >= 0.6 is 0 Å². The number of carbonyl (C=O) groups is 1. The number of nitrogens with two attached hydrogens (primary N) is 1. The van der Waals surface area contributed by atoms with Crippen LogP contribution in [0.1, 0.15) is 38.5 Å². The van der Waals surface area contributed by atoms with Gasteiger partial charge in [0.15, 0.2) is 0 Å². The van der Waals surface area contributed by atoms with E-state index in [4.69, 9.17) is 5.73 Å². The van der Waals surface area contributed by atoms with E-state index in [9.17, 15) is 4.79 Å². The number of likely N-dealkylation sites (tertiary alicyclic amines) is 1. The lowest BCUT2D eigenvalue weighted by Crippen LogP contribution is -2.39. The Bertz CT molecular complexity index is 264. The Hall–Kier alpha value is -0.610. The first-order valence-corrected chi connectivity index (χ1v) is 7.49. The third-order valence-corrected chi connectivity index (χ3v) is 4.41. The van der Waals surface area contributed by atoms with Crippen molar-refractivity contribution in [2.45, 2.75) is 38.5 Å². The van der Waals surface area contributed by atoms with E-state index in [2.05, 4.69) is 10.2 Å². The smallest absolute Gasteiger partial charge is 0.223 e. The van der Waals surface area contributed by atoms with Gasteiger partial charge in [0.25, 0.3) is 0 Å². The number of carbonyl (C=O) groups excluding carboxylic acids is 1. The van der Waals surface area contributed by atoms with Crippen molar-refractivity contribution in [2.24, 2.45) is 17.6 Å². The topological polar surface area (TPSA) is 58.4 Å². The lowest BCUT2D eigenvalue weighted by molar-refractivity contribution is -0.126. The predicted octanol–water partition coefficient (Wildman–Crippen LogP) is 0.964. The summed E-state index contributed by atoms with van der Waals surface area (Å²) in [6.07, 6.45) is 7.03. The minimum absolute atomic E-state index is 0.214. The highest BCUT2D eigenvalue weighted by Crippen LogP contribution is 2.28. The van der Waals surface area contributed by atoms with Crippen LogP contribution in [0.4, 0.5) is 0 Å². The monoisotopic (exact) mass is 253 g/mol. The molecule has 2 aliphatic rings. The summed E-state index contributed by atoms with van der Waals surface area (Å²) in [6.45, 7) is 4.96. The van der Waals surface area contributed by atoms with Gasteiger partial charge >= 0.3 is 0 Å². The van der Waals surface area contributed by atoms with Gasteiger partial charge in [-0.15, -0.1) is 0 Å². The minimum atomic E-state index is 0.214. The van der Waals surface area contributed by atoms with Crippen molar-refractivity contribution in [3.8, 4) is 0 Å². The van der Waals surface area contributed by atoms with Crippen LogP contribution in [0.25, 0.3) is 0 Å². The molecule has 0 aromatic rings. The molecule has 0 bridgehead atoms. The van der Waals surface area contributed by atoms with Crippen molar-refractivity contribution in [1.82, 2.24) is 10.2 Å². The minimum Gasteiger partial charge on any atom is -0.355 e. The molecule has 18 heavy (non-hydrogen) atoms. The summed E-state index contributed by atoms with van der Waals surface area (Å²) in [4.78, 5) is 14.5. The molecule has 1 aliphatic heterocycles. The van der Waals surface area contributed by atoms with Crippen LogP contribution in [0.3, 0.4) is 0 Å². The van der Waals surface area contributed by atoms with Crippen molar-refractivity contribution < 1.29 is 4.79 Å². The number of hydrogen-bond acceptors (Lipinski definition) is 3. The van der Waals surface area contributed by atoms with Gasteiger partial charge in [-0.1, -0.05) is 6.42 Å². The third-order valence-electron chi connectivity index (χ3n) is 4.41. The highest BCUT2D eigenvalue weighted by atomic mass is 16.1. The molecule has 2 fully saturated rings. The quantitative estimate of drug-likeness (QED) is 0.767. The molecule has 0 radical (unpaired) electrons. The summed E-state index contributed by atoms with van der Waals surface area (Å²) in [7, 11) is 0. The average molecular weight is 253 g/mol. The average Bonchev–Trinajstić information content (AvgIpc) is 2.92. The number of rotatable bonds is 5. The van der Waals surface area contributed by atoms with Crippen LogP contribution in [0.2, 0.25) is 0 Å². The zero-order valence-corrected chi connectivity index (χ0v) is 11.4. The number of nitrogens with zero attached hydrogens (tertiary/aromatic N) is 1. The maximum absolute atomic E-state index is 12.1. The van der Waals surface area contributed by atoms with E-state index in [0.29, 0.717) is 5.92 Å². The highest BCUT2D eigenvalue weighted by molar-refractivity contribution is 5.78. The summed E-state index contributed by atoms with van der Waals surface area (Å²) in [6, 6.07) is 0. The Morgan fingerprint density at radius 3 is 2.72 bits per heavy atom. The van der Waals surface area contributed by atoms with Crippen LogP contribution in [0, 0.1) is 11.8 Å². The second-order valence-corrected chi connectivity index (χ2v) is 5.81. The van der Waals surface area contributed by atoms with Gasteiger partial charge in [-0.2, -0.15) is 0 Å². The molecule has 2 atom stereocenters. The van der Waals surface area contributed by atoms with Crippen molar-refractivity contribution >= 4 is 5.91 Å². The van der Waals surface area contributed by atoms with E-state index < -0.39 is 0 Å².